The van der Waals surface area contributed by atoms with E-state index in [-0.39, 0.29) is 11.1 Å². The lowest BCUT2D eigenvalue weighted by atomic mass is 9.77. The Labute approximate surface area is 218 Å². The zero-order valence-electron chi connectivity index (χ0n) is 20.1. The minimum absolute atomic E-state index is 0.218. The third-order valence-electron chi connectivity index (χ3n) is 7.88. The van der Waals surface area contributed by atoms with E-state index < -0.39 is 46.9 Å². The van der Waals surface area contributed by atoms with Gasteiger partial charge in [-0.1, -0.05) is 97.1 Å². The second kappa shape index (κ2) is 8.16. The van der Waals surface area contributed by atoms with E-state index in [0.717, 1.165) is 16.0 Å². The van der Waals surface area contributed by atoms with Gasteiger partial charge in [0.05, 0.1) is 23.6 Å². The van der Waals surface area contributed by atoms with Gasteiger partial charge >= 0.3 is 0 Å². The van der Waals surface area contributed by atoms with Crippen molar-refractivity contribution in [1.82, 2.24) is 0 Å². The summed E-state index contributed by atoms with van der Waals surface area (Å²) in [6, 6.07) is 32.4. The van der Waals surface area contributed by atoms with Crippen LogP contribution in [-0.2, 0) is 14.3 Å². The molecule has 3 aliphatic rings. The number of Topliss-reactive ketones (excluding diaryl/α,β-unsaturated/α-hetero) is 2. The largest absolute Gasteiger partial charge is 0.349 e. The van der Waals surface area contributed by atoms with Crippen LogP contribution in [0.3, 0.4) is 0 Å². The lowest BCUT2D eigenvalue weighted by Crippen LogP contribution is -2.51. The maximum Gasteiger partial charge on any atom is 0.241 e. The second-order valence-electron chi connectivity index (χ2n) is 9.82. The first-order chi connectivity index (χ1) is 18.5. The molecule has 184 valence electrons. The predicted molar refractivity (Wildman–Crippen MR) is 139 cm³/mol. The third kappa shape index (κ3) is 2.92. The average molecular weight is 500 g/mol. The van der Waals surface area contributed by atoms with Crippen LogP contribution >= 0.6 is 0 Å². The number of fused-ring (bicyclic) bond motifs is 3. The topological polar surface area (TPSA) is 80.8 Å². The van der Waals surface area contributed by atoms with Gasteiger partial charge in [-0.3, -0.25) is 19.2 Å². The molecule has 1 spiro atoms. The van der Waals surface area contributed by atoms with Crippen molar-refractivity contribution in [3.8, 4) is 11.1 Å². The van der Waals surface area contributed by atoms with E-state index >= 15 is 0 Å². The van der Waals surface area contributed by atoms with Crippen LogP contribution < -0.4 is 4.90 Å². The van der Waals surface area contributed by atoms with Crippen LogP contribution in [0.5, 0.6) is 0 Å². The number of carbonyl (C=O) groups is 4. The van der Waals surface area contributed by atoms with Crippen molar-refractivity contribution in [2.24, 2.45) is 11.8 Å². The van der Waals surface area contributed by atoms with E-state index in [1.807, 2.05) is 48.5 Å². The Bertz CT molecular complexity index is 1590. The first-order valence-electron chi connectivity index (χ1n) is 12.5. The molecule has 3 atom stereocenters. The predicted octanol–water partition coefficient (Wildman–Crippen LogP) is 5.05. The van der Waals surface area contributed by atoms with Gasteiger partial charge in [0.25, 0.3) is 0 Å². The van der Waals surface area contributed by atoms with Crippen LogP contribution in [0.4, 0.5) is 5.69 Å². The molecule has 2 fully saturated rings. The zero-order valence-corrected chi connectivity index (χ0v) is 20.1. The average Bonchev–Trinajstić information content (AvgIpc) is 3.54. The van der Waals surface area contributed by atoms with E-state index in [9.17, 15) is 19.2 Å². The summed E-state index contributed by atoms with van der Waals surface area (Å²) >= 11 is 0. The van der Waals surface area contributed by atoms with Crippen molar-refractivity contribution in [2.75, 3.05) is 4.90 Å². The van der Waals surface area contributed by atoms with E-state index in [1.54, 1.807) is 60.7 Å². The Kier molecular flexibility index (Phi) is 4.84. The van der Waals surface area contributed by atoms with Gasteiger partial charge in [-0.05, 0) is 28.8 Å². The molecule has 1 aliphatic carbocycles. The third-order valence-corrected chi connectivity index (χ3v) is 7.88. The van der Waals surface area contributed by atoms with Crippen LogP contribution in [-0.4, -0.2) is 29.0 Å². The van der Waals surface area contributed by atoms with E-state index in [1.165, 1.54) is 0 Å². The summed E-state index contributed by atoms with van der Waals surface area (Å²) in [5.41, 5.74) is 1.34. The highest BCUT2D eigenvalue weighted by atomic mass is 16.5. The molecule has 6 heteroatoms. The Balaban J connectivity index is 1.34. The first kappa shape index (κ1) is 22.5. The summed E-state index contributed by atoms with van der Waals surface area (Å²) in [4.78, 5) is 56.8. The highest BCUT2D eigenvalue weighted by Gasteiger charge is 2.74. The molecule has 0 N–H and O–H groups in total. The van der Waals surface area contributed by atoms with Crippen molar-refractivity contribution >= 4 is 29.1 Å². The van der Waals surface area contributed by atoms with Crippen LogP contribution in [0.2, 0.25) is 0 Å². The molecule has 6 nitrogen and oxygen atoms in total. The first-order valence-corrected chi connectivity index (χ1v) is 12.5. The molecule has 4 aromatic rings. The molecule has 2 saturated heterocycles. The maximum absolute atomic E-state index is 14.1. The molecule has 0 bridgehead atoms. The molecule has 4 aromatic carbocycles. The van der Waals surface area contributed by atoms with E-state index in [2.05, 4.69) is 0 Å². The van der Waals surface area contributed by atoms with Crippen molar-refractivity contribution in [3.05, 3.63) is 126 Å². The molecular weight excluding hydrogens is 478 g/mol. The number of rotatable bonds is 3. The standard InChI is InChI=1S/C32H21NO5/c34-28-23-13-7-8-14-24(23)29(35)32(28)26-25(27(38-32)21-11-5-2-6-12-21)30(36)33(31(26)37)22-17-15-20(16-18-22)19-9-3-1-4-10-19/h1-18,25-27H/t25-,26+,27+/m1/s1. The van der Waals surface area contributed by atoms with Gasteiger partial charge in [0, 0.05) is 11.1 Å². The molecule has 2 aliphatic heterocycles. The monoisotopic (exact) mass is 499 g/mol. The number of ketones is 2. The Hall–Kier alpha value is -4.68. The van der Waals surface area contributed by atoms with E-state index in [4.69, 9.17) is 4.74 Å². The Morgan fingerprint density at radius 3 is 1.71 bits per heavy atom. The molecule has 38 heavy (non-hydrogen) atoms. The van der Waals surface area contributed by atoms with Crippen molar-refractivity contribution < 1.29 is 23.9 Å². The van der Waals surface area contributed by atoms with Crippen LogP contribution in [0.25, 0.3) is 11.1 Å². The van der Waals surface area contributed by atoms with Crippen molar-refractivity contribution in [3.63, 3.8) is 0 Å². The number of imide groups is 1. The van der Waals surface area contributed by atoms with Gasteiger partial charge in [-0.15, -0.1) is 0 Å². The number of anilines is 1. The fourth-order valence-electron chi connectivity index (χ4n) is 6.15. The number of ether oxygens (including phenoxy) is 1. The fraction of sp³-hybridized carbons (Fsp3) is 0.125. The molecule has 0 saturated carbocycles. The van der Waals surface area contributed by atoms with E-state index in [0.29, 0.717) is 11.3 Å². The lowest BCUT2D eigenvalue weighted by molar-refractivity contribution is -0.127. The van der Waals surface area contributed by atoms with Gasteiger partial charge in [-0.25, -0.2) is 4.90 Å². The summed E-state index contributed by atoms with van der Waals surface area (Å²) in [7, 11) is 0. The second-order valence-corrected chi connectivity index (χ2v) is 9.82. The van der Waals surface area contributed by atoms with Gasteiger partial charge < -0.3 is 4.74 Å². The highest BCUT2D eigenvalue weighted by Crippen LogP contribution is 2.57. The number of amides is 2. The number of hydrogen-bond acceptors (Lipinski definition) is 5. The van der Waals surface area contributed by atoms with Crippen LogP contribution in [0.1, 0.15) is 32.4 Å². The maximum atomic E-state index is 14.1. The fourth-order valence-corrected chi connectivity index (χ4v) is 6.15. The molecule has 0 aromatic heterocycles. The van der Waals surface area contributed by atoms with Crippen LogP contribution in [0, 0.1) is 11.8 Å². The van der Waals surface area contributed by atoms with Gasteiger partial charge in [-0.2, -0.15) is 0 Å². The quantitative estimate of drug-likeness (QED) is 0.291. The Morgan fingerprint density at radius 1 is 0.579 bits per heavy atom. The smallest absolute Gasteiger partial charge is 0.241 e. The summed E-state index contributed by atoms with van der Waals surface area (Å²) in [5, 5.41) is 0. The van der Waals surface area contributed by atoms with Crippen molar-refractivity contribution in [1.29, 1.82) is 0 Å². The normalized spacial score (nSPS) is 23.3. The van der Waals surface area contributed by atoms with Crippen LogP contribution in [0.15, 0.2) is 109 Å². The number of carbonyl (C=O) groups excluding carboxylic acids is 4. The highest BCUT2D eigenvalue weighted by molar-refractivity contribution is 6.37. The number of nitrogens with zero attached hydrogens (tertiary/aromatic N) is 1. The zero-order chi connectivity index (χ0) is 26.0. The summed E-state index contributed by atoms with van der Waals surface area (Å²) in [6.45, 7) is 0. The molecule has 0 radical (unpaired) electrons. The summed E-state index contributed by atoms with van der Waals surface area (Å²) in [5.74, 6) is -4.47. The Morgan fingerprint density at radius 2 is 1.11 bits per heavy atom. The molecule has 7 rings (SSSR count). The number of hydrogen-bond donors (Lipinski definition) is 0. The number of benzene rings is 4. The summed E-state index contributed by atoms with van der Waals surface area (Å²) in [6.07, 6.45) is -0.923. The lowest BCUT2D eigenvalue weighted by Gasteiger charge is -2.27. The molecular formula is C32H21NO5. The molecule has 2 heterocycles. The minimum atomic E-state index is -2.07. The van der Waals surface area contributed by atoms with Crippen molar-refractivity contribution in [2.45, 2.75) is 11.7 Å². The molecule has 0 unspecified atom stereocenters. The molecule has 2 amide bonds. The van der Waals surface area contributed by atoms with Gasteiger partial charge in [0.15, 0.2) is 0 Å². The minimum Gasteiger partial charge on any atom is -0.349 e. The van der Waals surface area contributed by atoms with Gasteiger partial charge in [0.2, 0.25) is 29.0 Å². The SMILES string of the molecule is O=C1[C@@H]2[C@@H](C(=O)N1c1ccc(-c3ccccc3)cc1)C1(O[C@H]2c2ccccc2)C(=O)c2ccccc2C1=O. The summed E-state index contributed by atoms with van der Waals surface area (Å²) < 4.78 is 6.30. The van der Waals surface area contributed by atoms with Gasteiger partial charge in [0.1, 0.15) is 0 Å².